The number of nitrogens with zero attached hydrogens (tertiary/aromatic N) is 2. The molecule has 1 amide bonds. The monoisotopic (exact) mass is 265 g/mol. The summed E-state index contributed by atoms with van der Waals surface area (Å²) in [5.41, 5.74) is 7.30. The SMILES string of the molecule is CCCN1CCC(NC(=O)c2n[nH]c(C)c2N)CC1. The minimum atomic E-state index is -0.171. The summed E-state index contributed by atoms with van der Waals surface area (Å²) >= 11 is 0. The molecule has 2 heterocycles. The average Bonchev–Trinajstić information content (AvgIpc) is 2.73. The molecular weight excluding hydrogens is 242 g/mol. The Bertz CT molecular complexity index is 434. The van der Waals surface area contributed by atoms with E-state index in [2.05, 4.69) is 27.3 Å². The second-order valence-corrected chi connectivity index (χ2v) is 5.20. The highest BCUT2D eigenvalue weighted by molar-refractivity contribution is 5.97. The number of hydrogen-bond donors (Lipinski definition) is 3. The van der Waals surface area contributed by atoms with E-state index in [-0.39, 0.29) is 11.9 Å². The standard InChI is InChI=1S/C13H23N5O/c1-3-6-18-7-4-10(5-8-18)15-13(19)12-11(14)9(2)16-17-12/h10H,3-8,14H2,1-2H3,(H,15,19)(H,16,17). The van der Waals surface area contributed by atoms with Gasteiger partial charge in [-0.3, -0.25) is 9.89 Å². The molecule has 0 aliphatic carbocycles. The zero-order valence-corrected chi connectivity index (χ0v) is 11.7. The maximum Gasteiger partial charge on any atom is 0.274 e. The number of carbonyl (C=O) groups is 1. The van der Waals surface area contributed by atoms with Crippen molar-refractivity contribution < 1.29 is 4.79 Å². The van der Waals surface area contributed by atoms with Crippen LogP contribution in [-0.4, -0.2) is 46.7 Å². The Morgan fingerprint density at radius 2 is 2.21 bits per heavy atom. The van der Waals surface area contributed by atoms with Gasteiger partial charge in [-0.1, -0.05) is 6.92 Å². The van der Waals surface area contributed by atoms with Crippen molar-refractivity contribution in [1.29, 1.82) is 0 Å². The highest BCUT2D eigenvalue weighted by Gasteiger charge is 2.22. The van der Waals surface area contributed by atoms with E-state index in [4.69, 9.17) is 5.73 Å². The molecule has 0 aromatic carbocycles. The van der Waals surface area contributed by atoms with E-state index in [9.17, 15) is 4.79 Å². The van der Waals surface area contributed by atoms with E-state index in [0.29, 0.717) is 11.4 Å². The topological polar surface area (TPSA) is 87.0 Å². The first-order valence-corrected chi connectivity index (χ1v) is 6.95. The second-order valence-electron chi connectivity index (χ2n) is 5.20. The van der Waals surface area contributed by atoms with Crippen molar-refractivity contribution in [2.75, 3.05) is 25.4 Å². The number of nitrogens with two attached hydrogens (primary N) is 1. The first kappa shape index (κ1) is 13.9. The summed E-state index contributed by atoms with van der Waals surface area (Å²) in [6.45, 7) is 7.24. The molecule has 0 unspecified atom stereocenters. The second kappa shape index (κ2) is 6.06. The summed E-state index contributed by atoms with van der Waals surface area (Å²) in [5, 5.41) is 9.71. The van der Waals surface area contributed by atoms with Crippen molar-refractivity contribution in [1.82, 2.24) is 20.4 Å². The van der Waals surface area contributed by atoms with Gasteiger partial charge >= 0.3 is 0 Å². The Morgan fingerprint density at radius 1 is 1.53 bits per heavy atom. The molecule has 0 radical (unpaired) electrons. The number of H-pyrrole nitrogens is 1. The van der Waals surface area contributed by atoms with Gasteiger partial charge in [-0.25, -0.2) is 0 Å². The number of nitrogen functional groups attached to an aromatic ring is 1. The Kier molecular flexibility index (Phi) is 4.42. The molecule has 19 heavy (non-hydrogen) atoms. The molecule has 0 atom stereocenters. The van der Waals surface area contributed by atoms with Crippen molar-refractivity contribution in [2.45, 2.75) is 39.2 Å². The van der Waals surface area contributed by atoms with Crippen molar-refractivity contribution in [3.8, 4) is 0 Å². The molecule has 1 saturated heterocycles. The number of hydrogen-bond acceptors (Lipinski definition) is 4. The molecule has 1 aromatic heterocycles. The number of likely N-dealkylation sites (tertiary alicyclic amines) is 1. The van der Waals surface area contributed by atoms with Crippen molar-refractivity contribution >= 4 is 11.6 Å². The Labute approximate surface area is 113 Å². The van der Waals surface area contributed by atoms with Crippen LogP contribution in [0.3, 0.4) is 0 Å². The molecule has 1 aliphatic rings. The Balaban J connectivity index is 1.86. The van der Waals surface area contributed by atoms with Crippen LogP contribution >= 0.6 is 0 Å². The smallest absolute Gasteiger partial charge is 0.274 e. The summed E-state index contributed by atoms with van der Waals surface area (Å²) in [5.74, 6) is -0.171. The molecule has 1 aromatic rings. The molecule has 106 valence electrons. The van der Waals surface area contributed by atoms with Gasteiger partial charge in [-0.05, 0) is 32.7 Å². The fourth-order valence-corrected chi connectivity index (χ4v) is 2.48. The third kappa shape index (κ3) is 3.26. The minimum absolute atomic E-state index is 0.171. The zero-order valence-electron chi connectivity index (χ0n) is 11.7. The molecule has 6 heteroatoms. The van der Waals surface area contributed by atoms with E-state index in [1.165, 1.54) is 6.42 Å². The van der Waals surface area contributed by atoms with Gasteiger partial charge in [-0.15, -0.1) is 0 Å². The molecule has 2 rings (SSSR count). The van der Waals surface area contributed by atoms with E-state index >= 15 is 0 Å². The van der Waals surface area contributed by atoms with Crippen LogP contribution in [-0.2, 0) is 0 Å². The largest absolute Gasteiger partial charge is 0.395 e. The lowest BCUT2D eigenvalue weighted by Gasteiger charge is -2.31. The molecular formula is C13H23N5O. The summed E-state index contributed by atoms with van der Waals surface area (Å²) in [7, 11) is 0. The predicted octanol–water partition coefficient (Wildman–Crippen LogP) is 0.905. The fourth-order valence-electron chi connectivity index (χ4n) is 2.48. The van der Waals surface area contributed by atoms with E-state index in [1.54, 1.807) is 0 Å². The molecule has 1 aliphatic heterocycles. The van der Waals surface area contributed by atoms with Crippen LogP contribution in [0.5, 0.6) is 0 Å². The summed E-state index contributed by atoms with van der Waals surface area (Å²) in [4.78, 5) is 14.5. The molecule has 6 nitrogen and oxygen atoms in total. The number of rotatable bonds is 4. The van der Waals surface area contributed by atoms with Crippen LogP contribution < -0.4 is 11.1 Å². The summed E-state index contributed by atoms with van der Waals surface area (Å²) in [6, 6.07) is 0.233. The van der Waals surface area contributed by atoms with Gasteiger partial charge in [0, 0.05) is 19.1 Å². The van der Waals surface area contributed by atoms with E-state index in [0.717, 1.165) is 38.2 Å². The van der Waals surface area contributed by atoms with Crippen molar-refractivity contribution in [3.05, 3.63) is 11.4 Å². The number of piperidine rings is 1. The van der Waals surface area contributed by atoms with Crippen LogP contribution in [0, 0.1) is 6.92 Å². The molecule has 1 fully saturated rings. The van der Waals surface area contributed by atoms with E-state index in [1.807, 2.05) is 6.92 Å². The number of nitrogens with one attached hydrogen (secondary N) is 2. The number of amides is 1. The first-order chi connectivity index (χ1) is 9.11. The average molecular weight is 265 g/mol. The highest BCUT2D eigenvalue weighted by atomic mass is 16.2. The summed E-state index contributed by atoms with van der Waals surface area (Å²) < 4.78 is 0. The molecule has 4 N–H and O–H groups in total. The number of aryl methyl sites for hydroxylation is 1. The lowest BCUT2D eigenvalue weighted by atomic mass is 10.0. The van der Waals surface area contributed by atoms with Gasteiger partial charge in [0.15, 0.2) is 5.69 Å². The third-order valence-corrected chi connectivity index (χ3v) is 3.67. The number of carbonyl (C=O) groups excluding carboxylic acids is 1. The van der Waals surface area contributed by atoms with Crippen LogP contribution in [0.4, 0.5) is 5.69 Å². The predicted molar refractivity (Wildman–Crippen MR) is 75.0 cm³/mol. The Morgan fingerprint density at radius 3 is 2.74 bits per heavy atom. The van der Waals surface area contributed by atoms with Crippen LogP contribution in [0.2, 0.25) is 0 Å². The summed E-state index contributed by atoms with van der Waals surface area (Å²) in [6.07, 6.45) is 3.17. The zero-order chi connectivity index (χ0) is 13.8. The maximum absolute atomic E-state index is 12.1. The van der Waals surface area contributed by atoms with Crippen LogP contribution in [0.15, 0.2) is 0 Å². The third-order valence-electron chi connectivity index (χ3n) is 3.67. The van der Waals surface area contributed by atoms with Gasteiger partial charge in [0.1, 0.15) is 0 Å². The van der Waals surface area contributed by atoms with Crippen molar-refractivity contribution in [2.24, 2.45) is 0 Å². The lowest BCUT2D eigenvalue weighted by molar-refractivity contribution is 0.0907. The number of aromatic nitrogens is 2. The number of anilines is 1. The van der Waals surface area contributed by atoms with E-state index < -0.39 is 0 Å². The van der Waals surface area contributed by atoms with Gasteiger partial charge in [0.25, 0.3) is 5.91 Å². The molecule has 0 bridgehead atoms. The van der Waals surface area contributed by atoms with Crippen molar-refractivity contribution in [3.63, 3.8) is 0 Å². The maximum atomic E-state index is 12.1. The molecule has 0 saturated carbocycles. The normalized spacial score (nSPS) is 17.6. The molecule has 0 spiro atoms. The minimum Gasteiger partial charge on any atom is -0.395 e. The Hall–Kier alpha value is -1.56. The van der Waals surface area contributed by atoms with Crippen LogP contribution in [0.1, 0.15) is 42.4 Å². The lowest BCUT2D eigenvalue weighted by Crippen LogP contribution is -2.45. The fraction of sp³-hybridized carbons (Fsp3) is 0.692. The van der Waals surface area contributed by atoms with Gasteiger partial charge in [0.2, 0.25) is 0 Å². The van der Waals surface area contributed by atoms with Gasteiger partial charge < -0.3 is 16.0 Å². The van der Waals surface area contributed by atoms with Gasteiger partial charge in [-0.2, -0.15) is 5.10 Å². The van der Waals surface area contributed by atoms with Crippen LogP contribution in [0.25, 0.3) is 0 Å². The van der Waals surface area contributed by atoms with Gasteiger partial charge in [0.05, 0.1) is 11.4 Å². The highest BCUT2D eigenvalue weighted by Crippen LogP contribution is 2.15. The first-order valence-electron chi connectivity index (χ1n) is 6.95. The number of aromatic amines is 1. The quantitative estimate of drug-likeness (QED) is 0.755.